The van der Waals surface area contributed by atoms with Crippen molar-refractivity contribution in [3.8, 4) is 17.1 Å². The first-order chi connectivity index (χ1) is 10.1. The van der Waals surface area contributed by atoms with Crippen molar-refractivity contribution in [2.24, 2.45) is 0 Å². The number of fused-ring (bicyclic) bond motifs is 1. The lowest BCUT2D eigenvalue weighted by molar-refractivity contribution is 0.434. The van der Waals surface area contributed by atoms with Crippen molar-refractivity contribution in [3.63, 3.8) is 0 Å². The van der Waals surface area contributed by atoms with Gasteiger partial charge >= 0.3 is 0 Å². The number of aryl methyl sites for hydroxylation is 3. The van der Waals surface area contributed by atoms with E-state index in [2.05, 4.69) is 36.1 Å². The maximum absolute atomic E-state index is 10.2. The van der Waals surface area contributed by atoms with E-state index in [0.29, 0.717) is 0 Å². The van der Waals surface area contributed by atoms with Gasteiger partial charge in [0.25, 0.3) is 0 Å². The highest BCUT2D eigenvalue weighted by molar-refractivity contribution is 5.70. The van der Waals surface area contributed by atoms with Crippen molar-refractivity contribution in [1.29, 1.82) is 0 Å². The molecule has 0 radical (unpaired) electrons. The van der Waals surface area contributed by atoms with Gasteiger partial charge in [-0.15, -0.1) is 0 Å². The van der Waals surface area contributed by atoms with Gasteiger partial charge in [0, 0.05) is 22.9 Å². The molecule has 21 heavy (non-hydrogen) atoms. The van der Waals surface area contributed by atoms with E-state index in [0.717, 1.165) is 41.0 Å². The summed E-state index contributed by atoms with van der Waals surface area (Å²) < 4.78 is 1.52. The second-order valence-corrected chi connectivity index (χ2v) is 5.43. The van der Waals surface area contributed by atoms with Gasteiger partial charge in [0.2, 0.25) is 5.88 Å². The Balaban J connectivity index is 2.19. The molecule has 108 valence electrons. The van der Waals surface area contributed by atoms with Gasteiger partial charge in [-0.05, 0) is 20.3 Å². The number of hydrogen-bond donors (Lipinski definition) is 1. The highest BCUT2D eigenvalue weighted by Crippen LogP contribution is 2.27. The molecule has 2 heterocycles. The fourth-order valence-corrected chi connectivity index (χ4v) is 2.53. The first-order valence-electron chi connectivity index (χ1n) is 7.25. The molecule has 0 spiro atoms. The van der Waals surface area contributed by atoms with Gasteiger partial charge < -0.3 is 5.11 Å². The van der Waals surface area contributed by atoms with Crippen LogP contribution in [-0.2, 0) is 6.42 Å². The van der Waals surface area contributed by atoms with Gasteiger partial charge in [0.15, 0.2) is 5.65 Å². The van der Waals surface area contributed by atoms with E-state index in [1.165, 1.54) is 10.1 Å². The van der Waals surface area contributed by atoms with Crippen LogP contribution >= 0.6 is 0 Å². The molecule has 0 saturated carbocycles. The molecule has 0 amide bonds. The number of hydrogen-bond acceptors (Lipinski definition) is 3. The Hall–Kier alpha value is -2.36. The van der Waals surface area contributed by atoms with Gasteiger partial charge in [0.1, 0.15) is 0 Å². The lowest BCUT2D eigenvalue weighted by Gasteiger charge is -2.02. The predicted molar refractivity (Wildman–Crippen MR) is 83.6 cm³/mol. The van der Waals surface area contributed by atoms with E-state index in [4.69, 9.17) is 0 Å². The Labute approximate surface area is 124 Å². The quantitative estimate of drug-likeness (QED) is 0.797. The summed E-state index contributed by atoms with van der Waals surface area (Å²) in [4.78, 5) is 4.63. The van der Waals surface area contributed by atoms with Crippen molar-refractivity contribution in [2.75, 3.05) is 0 Å². The number of benzene rings is 1. The average Bonchev–Trinajstić information content (AvgIpc) is 2.79. The van der Waals surface area contributed by atoms with E-state index in [9.17, 15) is 5.11 Å². The Morgan fingerprint density at radius 1 is 1.14 bits per heavy atom. The van der Waals surface area contributed by atoms with Crippen LogP contribution in [0.5, 0.6) is 5.88 Å². The van der Waals surface area contributed by atoms with Crippen LogP contribution in [0.2, 0.25) is 0 Å². The van der Waals surface area contributed by atoms with Crippen LogP contribution < -0.4 is 0 Å². The molecule has 0 saturated heterocycles. The largest absolute Gasteiger partial charge is 0.493 e. The predicted octanol–water partition coefficient (Wildman–Crippen LogP) is 3.67. The normalized spacial score (nSPS) is 11.2. The van der Waals surface area contributed by atoms with Crippen LogP contribution in [0.4, 0.5) is 0 Å². The summed E-state index contributed by atoms with van der Waals surface area (Å²) >= 11 is 0. The van der Waals surface area contributed by atoms with E-state index < -0.39 is 0 Å². The van der Waals surface area contributed by atoms with Crippen LogP contribution in [0.1, 0.15) is 30.2 Å². The zero-order valence-corrected chi connectivity index (χ0v) is 12.6. The zero-order chi connectivity index (χ0) is 15.0. The molecule has 2 aromatic heterocycles. The second-order valence-electron chi connectivity index (χ2n) is 5.43. The first-order valence-corrected chi connectivity index (χ1v) is 7.25. The Bertz CT molecular complexity index is 788. The molecule has 0 unspecified atom stereocenters. The van der Waals surface area contributed by atoms with Crippen molar-refractivity contribution in [1.82, 2.24) is 14.6 Å². The van der Waals surface area contributed by atoms with Crippen molar-refractivity contribution < 1.29 is 5.11 Å². The maximum atomic E-state index is 10.2. The molecule has 0 aliphatic rings. The standard InChI is InChI=1S/C17H19N3O/c1-4-5-14-10-15(21)20-17(18-14)12(3)16(19-20)13-8-6-11(2)7-9-13/h6-10,21H,4-5H2,1-3H3. The fraction of sp³-hybridized carbons (Fsp3) is 0.294. The Morgan fingerprint density at radius 2 is 1.86 bits per heavy atom. The summed E-state index contributed by atoms with van der Waals surface area (Å²) in [6.45, 7) is 6.16. The molecule has 0 aliphatic carbocycles. The third kappa shape index (κ3) is 2.37. The van der Waals surface area contributed by atoms with Gasteiger partial charge in [-0.2, -0.15) is 9.61 Å². The minimum Gasteiger partial charge on any atom is -0.493 e. The summed E-state index contributed by atoms with van der Waals surface area (Å²) in [5.41, 5.74) is 5.75. The summed E-state index contributed by atoms with van der Waals surface area (Å²) in [6.07, 6.45) is 1.86. The highest BCUT2D eigenvalue weighted by Gasteiger charge is 2.15. The molecule has 1 aromatic carbocycles. The lowest BCUT2D eigenvalue weighted by Crippen LogP contribution is -1.96. The van der Waals surface area contributed by atoms with Crippen molar-refractivity contribution >= 4 is 5.65 Å². The highest BCUT2D eigenvalue weighted by atomic mass is 16.3. The van der Waals surface area contributed by atoms with Gasteiger partial charge in [0.05, 0.1) is 5.69 Å². The van der Waals surface area contributed by atoms with Gasteiger partial charge in [-0.3, -0.25) is 0 Å². The summed E-state index contributed by atoms with van der Waals surface area (Å²) in [5.74, 6) is 0.143. The van der Waals surface area contributed by atoms with Crippen molar-refractivity contribution in [3.05, 3.63) is 47.2 Å². The lowest BCUT2D eigenvalue weighted by atomic mass is 10.1. The Kier molecular flexibility index (Phi) is 3.37. The van der Waals surface area contributed by atoms with Crippen molar-refractivity contribution in [2.45, 2.75) is 33.6 Å². The fourth-order valence-electron chi connectivity index (χ4n) is 2.53. The monoisotopic (exact) mass is 281 g/mol. The van der Waals surface area contributed by atoms with Crippen LogP contribution in [0.3, 0.4) is 0 Å². The maximum Gasteiger partial charge on any atom is 0.215 e. The summed E-state index contributed by atoms with van der Waals surface area (Å²) in [5, 5.41) is 14.7. The smallest absolute Gasteiger partial charge is 0.215 e. The topological polar surface area (TPSA) is 50.4 Å². The molecule has 3 rings (SSSR count). The zero-order valence-electron chi connectivity index (χ0n) is 12.6. The van der Waals surface area contributed by atoms with Crippen LogP contribution in [0.25, 0.3) is 16.9 Å². The van der Waals surface area contributed by atoms with Crippen LogP contribution in [0.15, 0.2) is 30.3 Å². The summed E-state index contributed by atoms with van der Waals surface area (Å²) in [7, 11) is 0. The molecule has 4 nitrogen and oxygen atoms in total. The van der Waals surface area contributed by atoms with E-state index in [1.54, 1.807) is 6.07 Å². The number of nitrogens with zero attached hydrogens (tertiary/aromatic N) is 3. The van der Waals surface area contributed by atoms with Crippen LogP contribution in [0, 0.1) is 13.8 Å². The van der Waals surface area contributed by atoms with Crippen LogP contribution in [-0.4, -0.2) is 19.7 Å². The second kappa shape index (κ2) is 5.20. The minimum atomic E-state index is 0.143. The minimum absolute atomic E-state index is 0.143. The number of aromatic nitrogens is 3. The SMILES string of the molecule is CCCc1cc(O)n2nc(-c3ccc(C)cc3)c(C)c2n1. The van der Waals surface area contributed by atoms with Gasteiger partial charge in [-0.25, -0.2) is 4.98 Å². The molecule has 0 aliphatic heterocycles. The molecular formula is C17H19N3O. The molecule has 1 N–H and O–H groups in total. The van der Waals surface area contributed by atoms with E-state index >= 15 is 0 Å². The molecule has 0 atom stereocenters. The van der Waals surface area contributed by atoms with E-state index in [-0.39, 0.29) is 5.88 Å². The molecule has 0 fully saturated rings. The molecule has 0 bridgehead atoms. The van der Waals surface area contributed by atoms with E-state index in [1.807, 2.05) is 19.1 Å². The first kappa shape index (κ1) is 13.6. The van der Waals surface area contributed by atoms with Gasteiger partial charge in [-0.1, -0.05) is 43.2 Å². The third-order valence-electron chi connectivity index (χ3n) is 3.68. The number of rotatable bonds is 3. The Morgan fingerprint density at radius 3 is 2.52 bits per heavy atom. The number of aromatic hydroxyl groups is 1. The summed E-state index contributed by atoms with van der Waals surface area (Å²) in [6, 6.07) is 9.92. The molecule has 3 aromatic rings. The third-order valence-corrected chi connectivity index (χ3v) is 3.68. The average molecular weight is 281 g/mol. The molecular weight excluding hydrogens is 262 g/mol. The molecule has 4 heteroatoms.